The summed E-state index contributed by atoms with van der Waals surface area (Å²) in [5.41, 5.74) is 0.0661. The fourth-order valence-corrected chi connectivity index (χ4v) is 3.08. The Bertz CT molecular complexity index is 1150. The first kappa shape index (κ1) is 23.8. The molecule has 3 rings (SSSR count). The van der Waals surface area contributed by atoms with Gasteiger partial charge in [-0.1, -0.05) is 24.3 Å². The minimum atomic E-state index is -4.45. The van der Waals surface area contributed by atoms with Crippen LogP contribution in [-0.2, 0) is 31.9 Å². The maximum Gasteiger partial charge on any atom is 0.416 e. The third-order valence-electron chi connectivity index (χ3n) is 4.69. The van der Waals surface area contributed by atoms with E-state index < -0.39 is 35.2 Å². The van der Waals surface area contributed by atoms with E-state index in [0.717, 1.165) is 24.3 Å². The van der Waals surface area contributed by atoms with Gasteiger partial charge in [-0.2, -0.15) is 13.2 Å². The van der Waals surface area contributed by atoms with Gasteiger partial charge in [-0.05, 0) is 48.4 Å². The average Bonchev–Trinajstić information content (AvgIpc) is 2.75. The second-order valence-corrected chi connectivity index (χ2v) is 7.14. The molecule has 0 N–H and O–H groups in total. The second-order valence-electron chi connectivity index (χ2n) is 7.14. The third kappa shape index (κ3) is 5.88. The van der Waals surface area contributed by atoms with E-state index in [4.69, 9.17) is 14.2 Å². The summed E-state index contributed by atoms with van der Waals surface area (Å²) in [6, 6.07) is 9.44. The Morgan fingerprint density at radius 1 is 1.12 bits per heavy atom. The lowest BCUT2D eigenvalue weighted by Crippen LogP contribution is -2.34. The Balaban J connectivity index is 1.70. The maximum atomic E-state index is 12.9. The molecule has 0 bridgehead atoms. The molecule has 0 spiro atoms. The van der Waals surface area contributed by atoms with Crippen molar-refractivity contribution in [2.45, 2.75) is 19.7 Å². The standard InChI is InChI=1S/C24H19F3O6/c1-14-10-19(29)22(23(30)33-14)18(28)8-6-15-7-9-20(21(12-15)31-2)32-13-16-4-3-5-17(11-16)24(25,26)27/h3-12,22H,13H2,1-2H3/b8-6+. The largest absolute Gasteiger partial charge is 0.493 e. The van der Waals surface area contributed by atoms with Crippen molar-refractivity contribution in [1.82, 2.24) is 0 Å². The Labute approximate surface area is 187 Å². The van der Waals surface area contributed by atoms with E-state index in [2.05, 4.69) is 0 Å². The van der Waals surface area contributed by atoms with E-state index in [1.807, 2.05) is 0 Å². The highest BCUT2D eigenvalue weighted by atomic mass is 19.4. The van der Waals surface area contributed by atoms with Crippen molar-refractivity contribution in [2.75, 3.05) is 7.11 Å². The molecule has 33 heavy (non-hydrogen) atoms. The Morgan fingerprint density at radius 3 is 2.55 bits per heavy atom. The summed E-state index contributed by atoms with van der Waals surface area (Å²) in [6.07, 6.45) is -0.867. The lowest BCUT2D eigenvalue weighted by atomic mass is 9.96. The van der Waals surface area contributed by atoms with Gasteiger partial charge in [0, 0.05) is 6.08 Å². The smallest absolute Gasteiger partial charge is 0.416 e. The van der Waals surface area contributed by atoms with Gasteiger partial charge >= 0.3 is 12.1 Å². The van der Waals surface area contributed by atoms with Crippen LogP contribution in [0, 0.1) is 5.92 Å². The molecule has 0 fully saturated rings. The van der Waals surface area contributed by atoms with E-state index >= 15 is 0 Å². The minimum absolute atomic E-state index is 0.118. The van der Waals surface area contributed by atoms with E-state index in [1.165, 1.54) is 44.4 Å². The number of cyclic esters (lactones) is 1. The fraction of sp³-hybridized carbons (Fsp3) is 0.208. The molecule has 9 heteroatoms. The van der Waals surface area contributed by atoms with Gasteiger partial charge in [-0.15, -0.1) is 0 Å². The van der Waals surface area contributed by atoms with Crippen LogP contribution in [0.25, 0.3) is 6.08 Å². The predicted octanol–water partition coefficient (Wildman–Crippen LogP) is 4.52. The van der Waals surface area contributed by atoms with Crippen molar-refractivity contribution in [3.63, 3.8) is 0 Å². The number of methoxy groups -OCH3 is 1. The number of hydrogen-bond acceptors (Lipinski definition) is 6. The molecule has 1 aliphatic heterocycles. The van der Waals surface area contributed by atoms with Crippen LogP contribution in [-0.4, -0.2) is 24.6 Å². The quantitative estimate of drug-likeness (QED) is 0.344. The lowest BCUT2D eigenvalue weighted by molar-refractivity contribution is -0.151. The van der Waals surface area contributed by atoms with Gasteiger partial charge in [0.2, 0.25) is 0 Å². The number of benzene rings is 2. The first-order valence-corrected chi connectivity index (χ1v) is 9.71. The van der Waals surface area contributed by atoms with Gasteiger partial charge in [0.1, 0.15) is 12.4 Å². The number of halogens is 3. The van der Waals surface area contributed by atoms with Crippen molar-refractivity contribution >= 4 is 23.6 Å². The molecule has 1 heterocycles. The van der Waals surface area contributed by atoms with E-state index in [9.17, 15) is 27.6 Å². The number of carbonyl (C=O) groups excluding carboxylic acids is 3. The minimum Gasteiger partial charge on any atom is -0.493 e. The van der Waals surface area contributed by atoms with Crippen LogP contribution in [0.3, 0.4) is 0 Å². The van der Waals surface area contributed by atoms with Crippen LogP contribution in [0.4, 0.5) is 13.2 Å². The molecule has 0 amide bonds. The van der Waals surface area contributed by atoms with Crippen LogP contribution in [0.15, 0.2) is 60.4 Å². The summed E-state index contributed by atoms with van der Waals surface area (Å²) in [5, 5.41) is 0. The molecule has 1 atom stereocenters. The molecule has 1 unspecified atom stereocenters. The molecule has 0 aromatic heterocycles. The highest BCUT2D eigenvalue weighted by Gasteiger charge is 2.36. The van der Waals surface area contributed by atoms with Crippen molar-refractivity contribution in [3.8, 4) is 11.5 Å². The van der Waals surface area contributed by atoms with Crippen molar-refractivity contribution in [1.29, 1.82) is 0 Å². The molecule has 6 nitrogen and oxygen atoms in total. The number of carbonyl (C=O) groups is 3. The van der Waals surface area contributed by atoms with Gasteiger partial charge < -0.3 is 14.2 Å². The zero-order valence-corrected chi connectivity index (χ0v) is 17.6. The van der Waals surface area contributed by atoms with Gasteiger partial charge in [-0.3, -0.25) is 14.4 Å². The lowest BCUT2D eigenvalue weighted by Gasteiger charge is -2.15. The first-order valence-electron chi connectivity index (χ1n) is 9.71. The molecule has 0 saturated carbocycles. The molecule has 172 valence electrons. The summed E-state index contributed by atoms with van der Waals surface area (Å²) in [5.74, 6) is -3.14. The molecular weight excluding hydrogens is 441 g/mol. The number of rotatable bonds is 7. The van der Waals surface area contributed by atoms with Crippen LogP contribution in [0.5, 0.6) is 11.5 Å². The monoisotopic (exact) mass is 460 g/mol. The molecule has 0 saturated heterocycles. The van der Waals surface area contributed by atoms with Crippen molar-refractivity contribution in [3.05, 3.63) is 77.1 Å². The zero-order chi connectivity index (χ0) is 24.2. The number of hydrogen-bond donors (Lipinski definition) is 0. The normalized spacial score (nSPS) is 16.4. The molecule has 0 radical (unpaired) electrons. The predicted molar refractivity (Wildman–Crippen MR) is 111 cm³/mol. The van der Waals surface area contributed by atoms with Gasteiger partial charge in [0.25, 0.3) is 0 Å². The zero-order valence-electron chi connectivity index (χ0n) is 17.6. The Morgan fingerprint density at radius 2 is 1.88 bits per heavy atom. The first-order chi connectivity index (χ1) is 15.6. The summed E-state index contributed by atoms with van der Waals surface area (Å²) in [4.78, 5) is 36.1. The van der Waals surface area contributed by atoms with Crippen LogP contribution in [0.1, 0.15) is 23.6 Å². The van der Waals surface area contributed by atoms with Crippen LogP contribution < -0.4 is 9.47 Å². The van der Waals surface area contributed by atoms with Gasteiger partial charge in [0.15, 0.2) is 29.0 Å². The summed E-state index contributed by atoms with van der Waals surface area (Å²) in [6.45, 7) is 1.32. The highest BCUT2D eigenvalue weighted by Crippen LogP contribution is 2.32. The Kier molecular flexibility index (Phi) is 7.01. The topological polar surface area (TPSA) is 78.9 Å². The van der Waals surface area contributed by atoms with Crippen LogP contribution >= 0.6 is 0 Å². The number of allylic oxidation sites excluding steroid dienone is 3. The number of alkyl halides is 3. The molecular formula is C24H19F3O6. The fourth-order valence-electron chi connectivity index (χ4n) is 3.08. The number of ether oxygens (including phenoxy) is 3. The van der Waals surface area contributed by atoms with E-state index in [-0.39, 0.29) is 23.9 Å². The SMILES string of the molecule is COc1cc(/C=C/C(=O)C2C(=O)C=C(C)OC2=O)ccc1OCc1cccc(C(F)(F)F)c1. The van der Waals surface area contributed by atoms with E-state index in [1.54, 1.807) is 6.07 Å². The molecule has 2 aromatic rings. The Hall–Kier alpha value is -3.88. The van der Waals surface area contributed by atoms with Gasteiger partial charge in [0.05, 0.1) is 12.7 Å². The summed E-state index contributed by atoms with van der Waals surface area (Å²) in [7, 11) is 1.39. The number of ketones is 2. The van der Waals surface area contributed by atoms with Crippen LogP contribution in [0.2, 0.25) is 0 Å². The summed E-state index contributed by atoms with van der Waals surface area (Å²) < 4.78 is 54.3. The summed E-state index contributed by atoms with van der Waals surface area (Å²) >= 11 is 0. The number of esters is 1. The molecule has 2 aromatic carbocycles. The van der Waals surface area contributed by atoms with Crippen molar-refractivity contribution in [2.24, 2.45) is 5.92 Å². The molecule has 0 aliphatic carbocycles. The molecule has 1 aliphatic rings. The third-order valence-corrected chi connectivity index (χ3v) is 4.69. The van der Waals surface area contributed by atoms with Crippen molar-refractivity contribution < 1.29 is 41.8 Å². The van der Waals surface area contributed by atoms with Gasteiger partial charge in [-0.25, -0.2) is 0 Å². The van der Waals surface area contributed by atoms with E-state index in [0.29, 0.717) is 11.1 Å². The maximum absolute atomic E-state index is 12.9. The second kappa shape index (κ2) is 9.72. The average molecular weight is 460 g/mol. The highest BCUT2D eigenvalue weighted by molar-refractivity contribution is 6.25.